The average molecular weight is 247 g/mol. The Bertz CT molecular complexity index is 367. The van der Waals surface area contributed by atoms with Gasteiger partial charge in [-0.1, -0.05) is 29.8 Å². The molecular weight excluding hydrogens is 226 g/mol. The first-order chi connectivity index (χ1) is 8.84. The maximum atomic E-state index is 5.62. The van der Waals surface area contributed by atoms with Crippen molar-refractivity contribution in [2.75, 3.05) is 39.5 Å². The molecule has 1 aromatic rings. The first kappa shape index (κ1) is 13.1. The molecule has 0 aromatic heterocycles. The van der Waals surface area contributed by atoms with Crippen molar-refractivity contribution >= 4 is 0 Å². The third-order valence-electron chi connectivity index (χ3n) is 3.00. The fourth-order valence-corrected chi connectivity index (χ4v) is 1.85. The summed E-state index contributed by atoms with van der Waals surface area (Å²) < 4.78 is 10.9. The minimum atomic E-state index is 0.632. The van der Waals surface area contributed by atoms with Crippen LogP contribution in [0, 0.1) is 6.92 Å². The van der Waals surface area contributed by atoms with Gasteiger partial charge in [0.15, 0.2) is 0 Å². The van der Waals surface area contributed by atoms with E-state index >= 15 is 0 Å². The Kier molecular flexibility index (Phi) is 5.24. The van der Waals surface area contributed by atoms with Crippen LogP contribution in [0.15, 0.2) is 36.4 Å². The van der Waals surface area contributed by atoms with Crippen LogP contribution in [0.1, 0.15) is 5.56 Å². The van der Waals surface area contributed by atoms with Crippen LogP contribution >= 0.6 is 0 Å². The minimum absolute atomic E-state index is 0.632. The van der Waals surface area contributed by atoms with Gasteiger partial charge in [-0.15, -0.1) is 0 Å². The molecule has 0 N–H and O–H groups in total. The van der Waals surface area contributed by atoms with E-state index in [4.69, 9.17) is 9.47 Å². The molecular formula is C15H21NO2. The van der Waals surface area contributed by atoms with Crippen molar-refractivity contribution in [2.45, 2.75) is 6.92 Å². The van der Waals surface area contributed by atoms with Gasteiger partial charge in [0.05, 0.1) is 13.2 Å². The highest BCUT2D eigenvalue weighted by molar-refractivity contribution is 5.26. The number of ether oxygens (including phenoxy) is 2. The summed E-state index contributed by atoms with van der Waals surface area (Å²) in [6.07, 6.45) is 4.24. The predicted octanol–water partition coefficient (Wildman–Crippen LogP) is 2.26. The summed E-state index contributed by atoms with van der Waals surface area (Å²) in [6, 6.07) is 8.13. The van der Waals surface area contributed by atoms with E-state index in [0.717, 1.165) is 38.6 Å². The summed E-state index contributed by atoms with van der Waals surface area (Å²) in [7, 11) is 0. The fraction of sp³-hybridized carbons (Fsp3) is 0.467. The van der Waals surface area contributed by atoms with Crippen LogP contribution < -0.4 is 4.74 Å². The molecule has 98 valence electrons. The number of aryl methyl sites for hydroxylation is 1. The second-order valence-electron chi connectivity index (χ2n) is 4.51. The Balaban J connectivity index is 1.63. The van der Waals surface area contributed by atoms with E-state index in [1.54, 1.807) is 0 Å². The minimum Gasteiger partial charge on any atom is -0.490 e. The molecule has 0 atom stereocenters. The summed E-state index contributed by atoms with van der Waals surface area (Å²) in [5, 5.41) is 0. The molecule has 1 heterocycles. The highest BCUT2D eigenvalue weighted by Gasteiger charge is 2.07. The molecule has 0 unspecified atom stereocenters. The average Bonchev–Trinajstić information content (AvgIpc) is 2.42. The molecule has 18 heavy (non-hydrogen) atoms. The smallest absolute Gasteiger partial charge is 0.119 e. The Labute approximate surface area is 109 Å². The van der Waals surface area contributed by atoms with Crippen LogP contribution in [0.3, 0.4) is 0 Å². The summed E-state index contributed by atoms with van der Waals surface area (Å²) in [5.41, 5.74) is 1.25. The zero-order chi connectivity index (χ0) is 12.6. The summed E-state index contributed by atoms with van der Waals surface area (Å²) in [4.78, 5) is 2.38. The van der Waals surface area contributed by atoms with E-state index in [1.807, 2.05) is 12.1 Å². The lowest BCUT2D eigenvalue weighted by Gasteiger charge is -2.25. The van der Waals surface area contributed by atoms with Gasteiger partial charge >= 0.3 is 0 Å². The molecule has 1 fully saturated rings. The van der Waals surface area contributed by atoms with Gasteiger partial charge in [-0.3, -0.25) is 4.90 Å². The summed E-state index contributed by atoms with van der Waals surface area (Å²) in [5.74, 6) is 0.927. The number of hydrogen-bond donors (Lipinski definition) is 0. The largest absolute Gasteiger partial charge is 0.490 e. The van der Waals surface area contributed by atoms with E-state index in [0.29, 0.717) is 6.61 Å². The maximum absolute atomic E-state index is 5.62. The molecule has 0 bridgehead atoms. The standard InChI is InChI=1S/C15H21NO2/c1-14-4-6-15(7-5-14)18-11-3-2-8-16-9-12-17-13-10-16/h2-7H,8-13H2,1H3. The predicted molar refractivity (Wildman–Crippen MR) is 73.1 cm³/mol. The van der Waals surface area contributed by atoms with Gasteiger partial charge in [-0.25, -0.2) is 0 Å². The highest BCUT2D eigenvalue weighted by atomic mass is 16.5. The zero-order valence-corrected chi connectivity index (χ0v) is 11.0. The van der Waals surface area contributed by atoms with Gasteiger partial charge in [0.25, 0.3) is 0 Å². The van der Waals surface area contributed by atoms with Gasteiger partial charge in [0, 0.05) is 19.6 Å². The van der Waals surface area contributed by atoms with Crippen LogP contribution in [-0.2, 0) is 4.74 Å². The van der Waals surface area contributed by atoms with Gasteiger partial charge in [-0.2, -0.15) is 0 Å². The first-order valence-electron chi connectivity index (χ1n) is 6.49. The molecule has 1 aliphatic rings. The monoisotopic (exact) mass is 247 g/mol. The van der Waals surface area contributed by atoms with Gasteiger partial charge < -0.3 is 9.47 Å². The number of hydrogen-bond acceptors (Lipinski definition) is 3. The molecule has 2 rings (SSSR count). The van der Waals surface area contributed by atoms with Crippen molar-refractivity contribution < 1.29 is 9.47 Å². The molecule has 0 saturated carbocycles. The molecule has 1 aromatic carbocycles. The van der Waals surface area contributed by atoms with E-state index in [9.17, 15) is 0 Å². The van der Waals surface area contributed by atoms with Gasteiger partial charge in [-0.05, 0) is 19.1 Å². The molecule has 0 aliphatic carbocycles. The number of rotatable bonds is 5. The van der Waals surface area contributed by atoms with Crippen molar-refractivity contribution in [1.82, 2.24) is 4.90 Å². The van der Waals surface area contributed by atoms with Crippen molar-refractivity contribution in [1.29, 1.82) is 0 Å². The second-order valence-corrected chi connectivity index (χ2v) is 4.51. The Morgan fingerprint density at radius 3 is 2.61 bits per heavy atom. The lowest BCUT2D eigenvalue weighted by Crippen LogP contribution is -2.36. The van der Waals surface area contributed by atoms with E-state index in [1.165, 1.54) is 5.56 Å². The molecule has 3 nitrogen and oxygen atoms in total. The number of benzene rings is 1. The van der Waals surface area contributed by atoms with E-state index in [2.05, 4.69) is 36.1 Å². The molecule has 0 spiro atoms. The Morgan fingerprint density at radius 2 is 1.89 bits per heavy atom. The van der Waals surface area contributed by atoms with Gasteiger partial charge in [0.2, 0.25) is 0 Å². The van der Waals surface area contributed by atoms with Crippen LogP contribution in [-0.4, -0.2) is 44.4 Å². The maximum Gasteiger partial charge on any atom is 0.119 e. The van der Waals surface area contributed by atoms with Crippen molar-refractivity contribution in [3.05, 3.63) is 42.0 Å². The number of nitrogens with zero attached hydrogens (tertiary/aromatic N) is 1. The quantitative estimate of drug-likeness (QED) is 0.745. The topological polar surface area (TPSA) is 21.7 Å². The lowest BCUT2D eigenvalue weighted by molar-refractivity contribution is 0.0434. The second kappa shape index (κ2) is 7.19. The SMILES string of the molecule is Cc1ccc(OCC=CCN2CCOCC2)cc1. The van der Waals surface area contributed by atoms with Crippen LogP contribution in [0.2, 0.25) is 0 Å². The molecule has 1 aliphatic heterocycles. The Morgan fingerprint density at radius 1 is 1.17 bits per heavy atom. The molecule has 3 heteroatoms. The van der Waals surface area contributed by atoms with E-state index in [-0.39, 0.29) is 0 Å². The third kappa shape index (κ3) is 4.51. The fourth-order valence-electron chi connectivity index (χ4n) is 1.85. The van der Waals surface area contributed by atoms with Crippen molar-refractivity contribution in [3.63, 3.8) is 0 Å². The van der Waals surface area contributed by atoms with Crippen molar-refractivity contribution in [2.24, 2.45) is 0 Å². The lowest BCUT2D eigenvalue weighted by atomic mass is 10.2. The van der Waals surface area contributed by atoms with Crippen molar-refractivity contribution in [3.8, 4) is 5.75 Å². The van der Waals surface area contributed by atoms with Crippen LogP contribution in [0.5, 0.6) is 5.75 Å². The van der Waals surface area contributed by atoms with Crippen LogP contribution in [0.4, 0.5) is 0 Å². The normalized spacial score (nSPS) is 17.2. The van der Waals surface area contributed by atoms with Gasteiger partial charge in [0.1, 0.15) is 12.4 Å². The molecule has 0 amide bonds. The summed E-state index contributed by atoms with van der Waals surface area (Å²) >= 11 is 0. The molecule has 0 radical (unpaired) electrons. The highest BCUT2D eigenvalue weighted by Crippen LogP contribution is 2.11. The number of morpholine rings is 1. The molecule has 1 saturated heterocycles. The first-order valence-corrected chi connectivity index (χ1v) is 6.49. The van der Waals surface area contributed by atoms with Crippen LogP contribution in [0.25, 0.3) is 0 Å². The summed E-state index contributed by atoms with van der Waals surface area (Å²) in [6.45, 7) is 7.47. The third-order valence-corrected chi connectivity index (χ3v) is 3.00. The zero-order valence-electron chi connectivity index (χ0n) is 11.0. The Hall–Kier alpha value is -1.32. The van der Waals surface area contributed by atoms with E-state index < -0.39 is 0 Å².